The maximum atomic E-state index is 12.0. The molecular formula is C14H12Br2N2O3S. The molecule has 0 heterocycles. The highest BCUT2D eigenvalue weighted by atomic mass is 79.9. The third kappa shape index (κ3) is 4.91. The van der Waals surface area contributed by atoms with Crippen molar-refractivity contribution in [1.29, 1.82) is 0 Å². The summed E-state index contributed by atoms with van der Waals surface area (Å²) in [6, 6.07) is 13.1. The van der Waals surface area contributed by atoms with E-state index in [1.807, 2.05) is 0 Å². The molecule has 0 saturated heterocycles. The van der Waals surface area contributed by atoms with E-state index in [-0.39, 0.29) is 11.4 Å². The minimum Gasteiger partial charge on any atom is -0.325 e. The van der Waals surface area contributed by atoms with Gasteiger partial charge < -0.3 is 5.32 Å². The van der Waals surface area contributed by atoms with E-state index in [0.717, 1.165) is 8.95 Å². The maximum absolute atomic E-state index is 12.0. The molecular weight excluding hydrogens is 436 g/mol. The van der Waals surface area contributed by atoms with Gasteiger partial charge in [-0.15, -0.1) is 0 Å². The third-order valence-electron chi connectivity index (χ3n) is 2.67. The largest absolute Gasteiger partial charge is 0.325 e. The molecule has 0 bridgehead atoms. The third-order valence-corrected chi connectivity index (χ3v) is 5.15. The Kier molecular flexibility index (Phi) is 5.74. The van der Waals surface area contributed by atoms with E-state index in [1.54, 1.807) is 36.4 Å². The molecule has 0 aliphatic heterocycles. The molecule has 2 aromatic rings. The van der Waals surface area contributed by atoms with Gasteiger partial charge in [0.25, 0.3) is 0 Å². The fraction of sp³-hybridized carbons (Fsp3) is 0.0714. The summed E-state index contributed by atoms with van der Waals surface area (Å²) in [6.07, 6.45) is 0. The van der Waals surface area contributed by atoms with Gasteiger partial charge in [0.15, 0.2) is 0 Å². The molecule has 0 unspecified atom stereocenters. The van der Waals surface area contributed by atoms with Crippen LogP contribution in [-0.2, 0) is 14.8 Å². The minimum atomic E-state index is -3.71. The zero-order valence-corrected chi connectivity index (χ0v) is 15.2. The number of rotatable bonds is 5. The lowest BCUT2D eigenvalue weighted by Gasteiger charge is -2.08. The van der Waals surface area contributed by atoms with Gasteiger partial charge in [-0.2, -0.15) is 0 Å². The van der Waals surface area contributed by atoms with Crippen molar-refractivity contribution in [3.63, 3.8) is 0 Å². The molecule has 0 spiro atoms. The Morgan fingerprint density at radius 1 is 0.909 bits per heavy atom. The number of anilines is 1. The van der Waals surface area contributed by atoms with E-state index in [2.05, 4.69) is 41.9 Å². The normalized spacial score (nSPS) is 11.2. The highest BCUT2D eigenvalue weighted by molar-refractivity contribution is 9.10. The van der Waals surface area contributed by atoms with Gasteiger partial charge in [0.1, 0.15) is 0 Å². The predicted molar refractivity (Wildman–Crippen MR) is 92.1 cm³/mol. The fourth-order valence-corrected chi connectivity index (χ4v) is 3.11. The van der Waals surface area contributed by atoms with Crippen molar-refractivity contribution in [2.45, 2.75) is 4.90 Å². The average Bonchev–Trinajstić information content (AvgIpc) is 2.48. The lowest BCUT2D eigenvalue weighted by Crippen LogP contribution is -2.32. The highest BCUT2D eigenvalue weighted by Gasteiger charge is 2.15. The van der Waals surface area contributed by atoms with Crippen molar-refractivity contribution in [2.24, 2.45) is 0 Å². The number of benzene rings is 2. The van der Waals surface area contributed by atoms with Crippen molar-refractivity contribution in [2.75, 3.05) is 11.9 Å². The Bertz CT molecular complexity index is 760. The summed E-state index contributed by atoms with van der Waals surface area (Å²) in [7, 11) is -3.71. The Hall–Kier alpha value is -1.22. The molecule has 116 valence electrons. The monoisotopic (exact) mass is 446 g/mol. The summed E-state index contributed by atoms with van der Waals surface area (Å²) in [4.78, 5) is 11.9. The smallest absolute Gasteiger partial charge is 0.241 e. The quantitative estimate of drug-likeness (QED) is 0.739. The van der Waals surface area contributed by atoms with Crippen molar-refractivity contribution >= 4 is 53.5 Å². The molecule has 0 aliphatic carbocycles. The molecule has 2 rings (SSSR count). The van der Waals surface area contributed by atoms with Gasteiger partial charge in [0.2, 0.25) is 15.9 Å². The molecule has 1 amide bonds. The summed E-state index contributed by atoms with van der Waals surface area (Å²) < 4.78 is 28.0. The van der Waals surface area contributed by atoms with Gasteiger partial charge >= 0.3 is 0 Å². The van der Waals surface area contributed by atoms with E-state index in [1.165, 1.54) is 12.1 Å². The number of carbonyl (C=O) groups is 1. The second-order valence-corrected chi connectivity index (χ2v) is 7.93. The first-order valence-corrected chi connectivity index (χ1v) is 9.24. The Balaban J connectivity index is 1.95. The summed E-state index contributed by atoms with van der Waals surface area (Å²) >= 11 is 6.53. The van der Waals surface area contributed by atoms with E-state index in [0.29, 0.717) is 5.69 Å². The van der Waals surface area contributed by atoms with Crippen LogP contribution in [0.15, 0.2) is 62.4 Å². The first kappa shape index (κ1) is 17.1. The van der Waals surface area contributed by atoms with Gasteiger partial charge in [0, 0.05) is 14.6 Å². The van der Waals surface area contributed by atoms with Crippen molar-refractivity contribution < 1.29 is 13.2 Å². The number of sulfonamides is 1. The minimum absolute atomic E-state index is 0.104. The summed E-state index contributed by atoms with van der Waals surface area (Å²) in [5.41, 5.74) is 0.594. The molecule has 0 atom stereocenters. The molecule has 0 saturated carbocycles. The number of carbonyl (C=O) groups excluding carboxylic acids is 1. The number of halogens is 2. The van der Waals surface area contributed by atoms with Crippen molar-refractivity contribution in [3.8, 4) is 0 Å². The number of amides is 1. The molecule has 0 fully saturated rings. The van der Waals surface area contributed by atoms with Crippen LogP contribution in [0.3, 0.4) is 0 Å². The highest BCUT2D eigenvalue weighted by Crippen LogP contribution is 2.15. The second kappa shape index (κ2) is 7.36. The molecule has 5 nitrogen and oxygen atoms in total. The van der Waals surface area contributed by atoms with Gasteiger partial charge in [-0.05, 0) is 48.5 Å². The molecule has 0 aliphatic rings. The van der Waals surface area contributed by atoms with E-state index in [9.17, 15) is 13.2 Å². The molecule has 22 heavy (non-hydrogen) atoms. The van der Waals surface area contributed by atoms with Gasteiger partial charge in [0.05, 0.1) is 11.4 Å². The van der Waals surface area contributed by atoms with Crippen LogP contribution >= 0.6 is 31.9 Å². The molecule has 0 radical (unpaired) electrons. The van der Waals surface area contributed by atoms with Crippen molar-refractivity contribution in [3.05, 3.63) is 57.5 Å². The van der Waals surface area contributed by atoms with E-state index in [4.69, 9.17) is 0 Å². The van der Waals surface area contributed by atoms with Crippen LogP contribution < -0.4 is 10.0 Å². The van der Waals surface area contributed by atoms with Crippen molar-refractivity contribution in [1.82, 2.24) is 4.72 Å². The zero-order chi connectivity index (χ0) is 16.2. The first-order valence-electron chi connectivity index (χ1n) is 6.17. The van der Waals surface area contributed by atoms with Crippen LogP contribution in [-0.4, -0.2) is 20.9 Å². The summed E-state index contributed by atoms with van der Waals surface area (Å²) in [5.74, 6) is -0.442. The van der Waals surface area contributed by atoms with Crippen LogP contribution in [0.5, 0.6) is 0 Å². The van der Waals surface area contributed by atoms with E-state index < -0.39 is 15.9 Å². The Morgan fingerprint density at radius 3 is 1.95 bits per heavy atom. The summed E-state index contributed by atoms with van der Waals surface area (Å²) in [5, 5.41) is 2.61. The maximum Gasteiger partial charge on any atom is 0.241 e. The average molecular weight is 448 g/mol. The molecule has 0 aromatic heterocycles. The topological polar surface area (TPSA) is 75.3 Å². The van der Waals surface area contributed by atoms with Gasteiger partial charge in [-0.1, -0.05) is 31.9 Å². The zero-order valence-electron chi connectivity index (χ0n) is 11.2. The van der Waals surface area contributed by atoms with Crippen LogP contribution in [0.1, 0.15) is 0 Å². The van der Waals surface area contributed by atoms with Crippen LogP contribution in [0.2, 0.25) is 0 Å². The fourth-order valence-electron chi connectivity index (χ4n) is 1.60. The first-order chi connectivity index (χ1) is 10.4. The van der Waals surface area contributed by atoms with Crippen LogP contribution in [0.4, 0.5) is 5.69 Å². The summed E-state index contributed by atoms with van der Waals surface area (Å²) in [6.45, 7) is -0.339. The molecule has 2 aromatic carbocycles. The Labute approximate surface area is 145 Å². The lowest BCUT2D eigenvalue weighted by molar-refractivity contribution is -0.115. The second-order valence-electron chi connectivity index (χ2n) is 4.33. The molecule has 8 heteroatoms. The van der Waals surface area contributed by atoms with Gasteiger partial charge in [-0.3, -0.25) is 4.79 Å². The van der Waals surface area contributed by atoms with E-state index >= 15 is 0 Å². The predicted octanol–water partition coefficient (Wildman–Crippen LogP) is 3.13. The number of nitrogens with one attached hydrogen (secondary N) is 2. The van der Waals surface area contributed by atoms with Crippen LogP contribution in [0.25, 0.3) is 0 Å². The molecule has 2 N–H and O–H groups in total. The van der Waals surface area contributed by atoms with Crippen LogP contribution in [0, 0.1) is 0 Å². The SMILES string of the molecule is O=C(CNS(=O)(=O)c1ccc(Br)cc1)Nc1ccc(Br)cc1. The standard InChI is InChI=1S/C14H12Br2N2O3S/c15-10-1-5-12(6-2-10)18-14(19)9-17-22(20,21)13-7-3-11(16)4-8-13/h1-8,17H,9H2,(H,18,19). The number of hydrogen-bond acceptors (Lipinski definition) is 3. The lowest BCUT2D eigenvalue weighted by atomic mass is 10.3. The number of hydrogen-bond donors (Lipinski definition) is 2. The van der Waals surface area contributed by atoms with Gasteiger partial charge in [-0.25, -0.2) is 13.1 Å². The Morgan fingerprint density at radius 2 is 1.41 bits per heavy atom.